The quantitative estimate of drug-likeness (QED) is 0.837. The lowest BCUT2D eigenvalue weighted by Crippen LogP contribution is -2.13. The molecule has 0 aliphatic heterocycles. The number of hydrogen-bond acceptors (Lipinski definition) is 4. The molecule has 0 spiro atoms. The molecule has 2 N–H and O–H groups in total. The second-order valence-corrected chi connectivity index (χ2v) is 7.53. The van der Waals surface area contributed by atoms with Crippen molar-refractivity contribution in [1.29, 1.82) is 0 Å². The molecule has 0 aromatic heterocycles. The summed E-state index contributed by atoms with van der Waals surface area (Å²) in [4.78, 5) is -0.728. The van der Waals surface area contributed by atoms with Crippen molar-refractivity contribution < 1.29 is 21.4 Å². The molecule has 0 aliphatic carbocycles. The molecule has 2 rings (SSSR count). The topological polar surface area (TPSA) is 101 Å². The van der Waals surface area contributed by atoms with Crippen LogP contribution in [0.5, 0.6) is 0 Å². The van der Waals surface area contributed by atoms with E-state index in [9.17, 15) is 16.8 Å². The van der Waals surface area contributed by atoms with E-state index in [1.54, 1.807) is 18.2 Å². The van der Waals surface area contributed by atoms with Crippen LogP contribution in [-0.2, 0) is 20.1 Å². The van der Waals surface area contributed by atoms with Gasteiger partial charge in [-0.3, -0.25) is 9.27 Å². The SMILES string of the molecule is Cc1cccc(NS(=O)(=O)c2cccc(S(=O)(=O)O)c2)c1. The minimum Gasteiger partial charge on any atom is -0.282 e. The Morgan fingerprint density at radius 3 is 2.14 bits per heavy atom. The summed E-state index contributed by atoms with van der Waals surface area (Å²) in [6, 6.07) is 11.2. The van der Waals surface area contributed by atoms with Crippen molar-refractivity contribution in [3.8, 4) is 0 Å². The fourth-order valence-electron chi connectivity index (χ4n) is 1.72. The molecule has 112 valence electrons. The van der Waals surface area contributed by atoms with Gasteiger partial charge in [0, 0.05) is 5.69 Å². The van der Waals surface area contributed by atoms with Gasteiger partial charge in [0.1, 0.15) is 0 Å². The smallest absolute Gasteiger partial charge is 0.282 e. The van der Waals surface area contributed by atoms with Crippen molar-refractivity contribution in [2.45, 2.75) is 16.7 Å². The van der Waals surface area contributed by atoms with Gasteiger partial charge in [-0.2, -0.15) is 8.42 Å². The number of hydrogen-bond donors (Lipinski definition) is 2. The number of nitrogens with one attached hydrogen (secondary N) is 1. The molecule has 0 fully saturated rings. The third-order valence-electron chi connectivity index (χ3n) is 2.68. The molecule has 0 saturated heterocycles. The van der Waals surface area contributed by atoms with E-state index in [2.05, 4.69) is 4.72 Å². The van der Waals surface area contributed by atoms with Gasteiger partial charge in [0.05, 0.1) is 9.79 Å². The van der Waals surface area contributed by atoms with Crippen molar-refractivity contribution in [2.75, 3.05) is 4.72 Å². The van der Waals surface area contributed by atoms with Gasteiger partial charge in [-0.25, -0.2) is 8.42 Å². The van der Waals surface area contributed by atoms with Crippen LogP contribution < -0.4 is 4.72 Å². The lowest BCUT2D eigenvalue weighted by molar-refractivity contribution is 0.483. The van der Waals surface area contributed by atoms with Crippen LogP contribution in [0, 0.1) is 6.92 Å². The highest BCUT2D eigenvalue weighted by Gasteiger charge is 2.18. The first kappa shape index (κ1) is 15.5. The highest BCUT2D eigenvalue weighted by Crippen LogP contribution is 2.19. The first-order valence-corrected chi connectivity index (χ1v) is 8.78. The summed E-state index contributed by atoms with van der Waals surface area (Å²) < 4.78 is 57.8. The molecule has 0 aliphatic rings. The molecule has 0 unspecified atom stereocenters. The Kier molecular flexibility index (Phi) is 4.04. The lowest BCUT2D eigenvalue weighted by atomic mass is 10.2. The molecule has 2 aromatic rings. The minimum atomic E-state index is -4.46. The average molecular weight is 327 g/mol. The molecule has 0 atom stereocenters. The Labute approximate surface area is 123 Å². The second kappa shape index (κ2) is 5.47. The summed E-state index contributed by atoms with van der Waals surface area (Å²) >= 11 is 0. The average Bonchev–Trinajstić information content (AvgIpc) is 2.37. The van der Waals surface area contributed by atoms with Crippen LogP contribution in [0.25, 0.3) is 0 Å². The van der Waals surface area contributed by atoms with Crippen LogP contribution >= 0.6 is 0 Å². The van der Waals surface area contributed by atoms with E-state index in [1.165, 1.54) is 12.1 Å². The zero-order valence-electron chi connectivity index (χ0n) is 11.0. The van der Waals surface area contributed by atoms with Crippen LogP contribution in [-0.4, -0.2) is 21.4 Å². The number of sulfonamides is 1. The summed E-state index contributed by atoms with van der Waals surface area (Å²) in [5, 5.41) is 0. The van der Waals surface area contributed by atoms with Gasteiger partial charge < -0.3 is 0 Å². The zero-order chi connectivity index (χ0) is 15.7. The molecule has 0 amide bonds. The van der Waals surface area contributed by atoms with Crippen molar-refractivity contribution in [3.63, 3.8) is 0 Å². The summed E-state index contributed by atoms with van der Waals surface area (Å²) in [6.45, 7) is 1.82. The standard InChI is InChI=1S/C13H13NO5S2/c1-10-4-2-5-11(8-10)14-20(15,16)12-6-3-7-13(9-12)21(17,18)19/h2-9,14H,1H3,(H,17,18,19). The summed E-state index contributed by atoms with van der Waals surface area (Å²) in [7, 11) is -8.40. The molecule has 0 heterocycles. The Morgan fingerprint density at radius 2 is 1.52 bits per heavy atom. The third kappa shape index (κ3) is 3.81. The van der Waals surface area contributed by atoms with Crippen molar-refractivity contribution in [2.24, 2.45) is 0 Å². The molecular weight excluding hydrogens is 314 g/mol. The van der Waals surface area contributed by atoms with Gasteiger partial charge in [0.15, 0.2) is 0 Å². The van der Waals surface area contributed by atoms with Crippen LogP contribution in [0.3, 0.4) is 0 Å². The molecule has 8 heteroatoms. The number of aryl methyl sites for hydroxylation is 1. The summed E-state index contributed by atoms with van der Waals surface area (Å²) in [5.41, 5.74) is 1.24. The van der Waals surface area contributed by atoms with Crippen LogP contribution in [0.2, 0.25) is 0 Å². The fourth-order valence-corrected chi connectivity index (χ4v) is 3.42. The minimum absolute atomic E-state index is 0.251. The molecule has 21 heavy (non-hydrogen) atoms. The van der Waals surface area contributed by atoms with Crippen molar-refractivity contribution in [1.82, 2.24) is 0 Å². The van der Waals surface area contributed by atoms with E-state index in [-0.39, 0.29) is 4.90 Å². The van der Waals surface area contributed by atoms with Gasteiger partial charge in [-0.05, 0) is 42.8 Å². The van der Waals surface area contributed by atoms with Crippen molar-refractivity contribution in [3.05, 3.63) is 54.1 Å². The van der Waals surface area contributed by atoms with E-state index in [1.807, 2.05) is 13.0 Å². The van der Waals surface area contributed by atoms with Crippen LogP contribution in [0.15, 0.2) is 58.3 Å². The first-order chi connectivity index (χ1) is 9.68. The molecule has 0 bridgehead atoms. The highest BCUT2D eigenvalue weighted by atomic mass is 32.2. The summed E-state index contributed by atoms with van der Waals surface area (Å²) in [5.74, 6) is 0. The van der Waals surface area contributed by atoms with Gasteiger partial charge in [0.2, 0.25) is 0 Å². The van der Waals surface area contributed by atoms with E-state index < -0.39 is 25.0 Å². The molecule has 2 aromatic carbocycles. The molecule has 0 radical (unpaired) electrons. The summed E-state index contributed by atoms with van der Waals surface area (Å²) in [6.07, 6.45) is 0. The zero-order valence-corrected chi connectivity index (χ0v) is 12.6. The highest BCUT2D eigenvalue weighted by molar-refractivity contribution is 7.92. The number of rotatable bonds is 4. The second-order valence-electron chi connectivity index (χ2n) is 4.42. The molecule has 0 saturated carbocycles. The number of anilines is 1. The third-order valence-corrected chi connectivity index (χ3v) is 4.91. The molecular formula is C13H13NO5S2. The number of benzene rings is 2. The van der Waals surface area contributed by atoms with Crippen LogP contribution in [0.4, 0.5) is 5.69 Å². The van der Waals surface area contributed by atoms with Gasteiger partial charge in [-0.1, -0.05) is 18.2 Å². The first-order valence-electron chi connectivity index (χ1n) is 5.85. The maximum absolute atomic E-state index is 12.2. The van der Waals surface area contributed by atoms with E-state index >= 15 is 0 Å². The Morgan fingerprint density at radius 1 is 0.905 bits per heavy atom. The van der Waals surface area contributed by atoms with E-state index in [0.717, 1.165) is 17.7 Å². The normalized spacial score (nSPS) is 12.1. The largest absolute Gasteiger partial charge is 0.294 e. The van der Waals surface area contributed by atoms with Gasteiger partial charge in [0.25, 0.3) is 20.1 Å². The Hall–Kier alpha value is -1.90. The fraction of sp³-hybridized carbons (Fsp3) is 0.0769. The Bertz CT molecular complexity index is 873. The molecule has 6 nitrogen and oxygen atoms in total. The lowest BCUT2D eigenvalue weighted by Gasteiger charge is -2.09. The van der Waals surface area contributed by atoms with E-state index in [4.69, 9.17) is 4.55 Å². The van der Waals surface area contributed by atoms with Crippen molar-refractivity contribution >= 4 is 25.8 Å². The van der Waals surface area contributed by atoms with Gasteiger partial charge in [-0.15, -0.1) is 0 Å². The monoisotopic (exact) mass is 327 g/mol. The van der Waals surface area contributed by atoms with E-state index in [0.29, 0.717) is 5.69 Å². The van der Waals surface area contributed by atoms with Gasteiger partial charge >= 0.3 is 0 Å². The predicted molar refractivity (Wildman–Crippen MR) is 78.2 cm³/mol. The maximum Gasteiger partial charge on any atom is 0.294 e. The Balaban J connectivity index is 2.41. The predicted octanol–water partition coefficient (Wildman–Crippen LogP) is 2.04. The maximum atomic E-state index is 12.2. The van der Waals surface area contributed by atoms with Crippen LogP contribution in [0.1, 0.15) is 5.56 Å².